The molecular weight excluding hydrogens is 464 g/mol. The molecule has 2 aliphatic heterocycles. The minimum atomic E-state index is -0.585. The van der Waals surface area contributed by atoms with Crippen molar-refractivity contribution in [3.63, 3.8) is 0 Å². The van der Waals surface area contributed by atoms with Crippen molar-refractivity contribution < 1.29 is 19.1 Å². The largest absolute Gasteiger partial charge is 0.493 e. The van der Waals surface area contributed by atoms with Crippen LogP contribution in [0.25, 0.3) is 6.08 Å². The molecule has 3 fully saturated rings. The molecule has 1 N–H and O–H groups in total. The summed E-state index contributed by atoms with van der Waals surface area (Å²) in [6.07, 6.45) is 8.20. The first kappa shape index (κ1) is 23.0. The predicted octanol–water partition coefficient (Wildman–Crippen LogP) is 3.97. The Hall–Kier alpha value is -3.12. The van der Waals surface area contributed by atoms with E-state index in [1.54, 1.807) is 13.2 Å². The number of hydrogen-bond donors (Lipinski definition) is 1. The van der Waals surface area contributed by atoms with Crippen LogP contribution in [0.3, 0.4) is 0 Å². The summed E-state index contributed by atoms with van der Waals surface area (Å²) in [6, 6.07) is 12.4. The predicted molar refractivity (Wildman–Crippen MR) is 141 cm³/mol. The van der Waals surface area contributed by atoms with Crippen LogP contribution >= 0.6 is 0 Å². The standard InChI is InChI=1S/C31H34N2O4/c1-19-3-5-20(6-4-19)9-12-26(35)32-31-14-13-23(34)29-30(31)15-16-33(18-21-7-8-21)25(31)17-22-10-11-24(36-2)28(37-29)27(22)30/h3-6,9-12,21,25,29H,7-8,13-18H2,1-2H3,(H,32,35)/b12-9+/t25-,29+,30+,31-/m1/s1. The van der Waals surface area contributed by atoms with Gasteiger partial charge in [0.1, 0.15) is 0 Å². The van der Waals surface area contributed by atoms with Crippen LogP contribution in [0.4, 0.5) is 0 Å². The summed E-state index contributed by atoms with van der Waals surface area (Å²) in [4.78, 5) is 29.7. The van der Waals surface area contributed by atoms with E-state index in [0.29, 0.717) is 24.3 Å². The summed E-state index contributed by atoms with van der Waals surface area (Å²) in [6.45, 7) is 4.04. The summed E-state index contributed by atoms with van der Waals surface area (Å²) in [5.41, 5.74) is 3.38. The van der Waals surface area contributed by atoms with Crippen molar-refractivity contribution in [3.8, 4) is 11.5 Å². The van der Waals surface area contributed by atoms with Crippen molar-refractivity contribution in [3.05, 3.63) is 64.7 Å². The Bertz CT molecular complexity index is 1310. The van der Waals surface area contributed by atoms with Crippen LogP contribution < -0.4 is 14.8 Å². The van der Waals surface area contributed by atoms with Crippen LogP contribution in [-0.4, -0.2) is 54.5 Å². The average molecular weight is 499 g/mol. The Morgan fingerprint density at radius 3 is 2.76 bits per heavy atom. The van der Waals surface area contributed by atoms with Gasteiger partial charge in [-0.05, 0) is 74.8 Å². The Morgan fingerprint density at radius 1 is 1.19 bits per heavy atom. The van der Waals surface area contributed by atoms with Gasteiger partial charge in [-0.15, -0.1) is 0 Å². The molecule has 2 aromatic rings. The zero-order valence-corrected chi connectivity index (χ0v) is 21.6. The number of Topliss-reactive ketones (excluding diaryl/α,β-unsaturated/α-hetero) is 1. The highest BCUT2D eigenvalue weighted by atomic mass is 16.5. The fourth-order valence-corrected chi connectivity index (χ4v) is 7.82. The average Bonchev–Trinajstić information content (AvgIpc) is 3.64. The first-order chi connectivity index (χ1) is 17.9. The van der Waals surface area contributed by atoms with E-state index in [1.807, 2.05) is 24.3 Å². The van der Waals surface area contributed by atoms with Gasteiger partial charge < -0.3 is 14.8 Å². The number of rotatable bonds is 6. The molecule has 6 heteroatoms. The van der Waals surface area contributed by atoms with Gasteiger partial charge in [0.15, 0.2) is 23.4 Å². The number of nitrogens with zero attached hydrogens (tertiary/aromatic N) is 1. The van der Waals surface area contributed by atoms with Gasteiger partial charge in [0.2, 0.25) is 5.91 Å². The van der Waals surface area contributed by atoms with Crippen molar-refractivity contribution in [1.82, 2.24) is 10.2 Å². The minimum Gasteiger partial charge on any atom is -0.493 e. The Balaban J connectivity index is 1.34. The first-order valence-electron chi connectivity index (χ1n) is 13.7. The molecule has 1 spiro atoms. The fourth-order valence-electron chi connectivity index (χ4n) is 7.82. The number of likely N-dealkylation sites (tertiary alicyclic amines) is 1. The number of aryl methyl sites for hydroxylation is 1. The number of ketones is 1. The van der Waals surface area contributed by atoms with Crippen molar-refractivity contribution in [2.45, 2.75) is 68.5 Å². The number of ether oxygens (including phenoxy) is 2. The maximum Gasteiger partial charge on any atom is 0.244 e. The number of amides is 1. The van der Waals surface area contributed by atoms with E-state index >= 15 is 0 Å². The number of piperidine rings is 1. The lowest BCUT2D eigenvalue weighted by molar-refractivity contribution is -0.148. The van der Waals surface area contributed by atoms with Crippen LogP contribution in [0.15, 0.2) is 42.5 Å². The Morgan fingerprint density at radius 2 is 2.00 bits per heavy atom. The SMILES string of the molecule is COc1ccc2c3c1O[C@H]1C(=O)CC[C@@]4(NC(=O)/C=C/c5ccc(C)cc5)[C@@H](C2)N(CC2CC2)CC[C@]314. The van der Waals surface area contributed by atoms with Gasteiger partial charge in [0, 0.05) is 30.6 Å². The molecule has 1 saturated heterocycles. The molecule has 2 saturated carbocycles. The monoisotopic (exact) mass is 498 g/mol. The number of carbonyl (C=O) groups excluding carboxylic acids is 2. The fraction of sp³-hybridized carbons (Fsp3) is 0.484. The molecule has 2 bridgehead atoms. The number of methoxy groups -OCH3 is 1. The zero-order chi connectivity index (χ0) is 25.4. The highest BCUT2D eigenvalue weighted by Gasteiger charge is 2.73. The van der Waals surface area contributed by atoms with E-state index in [9.17, 15) is 9.59 Å². The van der Waals surface area contributed by atoms with E-state index in [4.69, 9.17) is 9.47 Å². The zero-order valence-electron chi connectivity index (χ0n) is 21.6. The van der Waals surface area contributed by atoms with Gasteiger partial charge in [-0.25, -0.2) is 0 Å². The molecule has 0 radical (unpaired) electrons. The van der Waals surface area contributed by atoms with Crippen LogP contribution in [0, 0.1) is 12.8 Å². The van der Waals surface area contributed by atoms with E-state index in [0.717, 1.165) is 43.0 Å². The summed E-state index contributed by atoms with van der Waals surface area (Å²) >= 11 is 0. The quantitative estimate of drug-likeness (QED) is 0.611. The van der Waals surface area contributed by atoms with Gasteiger partial charge in [-0.1, -0.05) is 35.9 Å². The third-order valence-corrected chi connectivity index (χ3v) is 9.67. The lowest BCUT2D eigenvalue weighted by atomic mass is 9.47. The third-order valence-electron chi connectivity index (χ3n) is 9.67. The molecule has 1 amide bonds. The van der Waals surface area contributed by atoms with Gasteiger partial charge in [0.05, 0.1) is 18.1 Å². The normalized spacial score (nSPS) is 31.7. The lowest BCUT2D eigenvalue weighted by Gasteiger charge is -2.65. The lowest BCUT2D eigenvalue weighted by Crippen LogP contribution is -2.81. The smallest absolute Gasteiger partial charge is 0.244 e. The van der Waals surface area contributed by atoms with E-state index in [2.05, 4.69) is 35.3 Å². The Kier molecular flexibility index (Phi) is 5.10. The molecule has 6 nitrogen and oxygen atoms in total. The third kappa shape index (κ3) is 3.27. The van der Waals surface area contributed by atoms with Crippen molar-refractivity contribution in [1.29, 1.82) is 0 Å². The molecule has 4 atom stereocenters. The number of nitrogens with one attached hydrogen (secondary N) is 1. The van der Waals surface area contributed by atoms with Crippen molar-refractivity contribution in [2.75, 3.05) is 20.2 Å². The van der Waals surface area contributed by atoms with Gasteiger partial charge in [-0.2, -0.15) is 0 Å². The maximum absolute atomic E-state index is 13.6. The van der Waals surface area contributed by atoms with Crippen LogP contribution in [0.5, 0.6) is 11.5 Å². The molecule has 5 aliphatic rings. The van der Waals surface area contributed by atoms with Gasteiger partial charge >= 0.3 is 0 Å². The second-order valence-corrected chi connectivity index (χ2v) is 11.7. The minimum absolute atomic E-state index is 0.105. The van der Waals surface area contributed by atoms with Crippen LogP contribution in [0.2, 0.25) is 0 Å². The summed E-state index contributed by atoms with van der Waals surface area (Å²) in [5, 5.41) is 3.55. The second-order valence-electron chi connectivity index (χ2n) is 11.7. The molecule has 3 aliphatic carbocycles. The van der Waals surface area contributed by atoms with Crippen LogP contribution in [0.1, 0.15) is 54.4 Å². The van der Waals surface area contributed by atoms with Crippen molar-refractivity contribution in [2.24, 2.45) is 5.92 Å². The summed E-state index contributed by atoms with van der Waals surface area (Å²) in [7, 11) is 1.65. The van der Waals surface area contributed by atoms with Crippen molar-refractivity contribution >= 4 is 17.8 Å². The van der Waals surface area contributed by atoms with Gasteiger partial charge in [0.25, 0.3) is 0 Å². The molecule has 2 aromatic carbocycles. The van der Waals surface area contributed by atoms with Gasteiger partial charge in [-0.3, -0.25) is 14.5 Å². The molecular formula is C31H34N2O4. The molecule has 192 valence electrons. The molecule has 0 unspecified atom stereocenters. The number of benzene rings is 2. The molecule has 2 heterocycles. The summed E-state index contributed by atoms with van der Waals surface area (Å²) < 4.78 is 12.2. The molecule has 0 aromatic heterocycles. The molecule has 37 heavy (non-hydrogen) atoms. The topological polar surface area (TPSA) is 67.9 Å². The van der Waals surface area contributed by atoms with E-state index in [-0.39, 0.29) is 17.7 Å². The second kappa shape index (κ2) is 8.19. The number of carbonyl (C=O) groups is 2. The highest BCUT2D eigenvalue weighted by Crippen LogP contribution is 2.65. The first-order valence-corrected chi connectivity index (χ1v) is 13.7. The van der Waals surface area contributed by atoms with E-state index < -0.39 is 17.1 Å². The summed E-state index contributed by atoms with van der Waals surface area (Å²) in [5.74, 6) is 2.17. The Labute approximate surface area is 218 Å². The molecule has 7 rings (SSSR count). The maximum atomic E-state index is 13.6. The highest BCUT2D eigenvalue weighted by molar-refractivity contribution is 5.95. The van der Waals surface area contributed by atoms with E-state index in [1.165, 1.54) is 24.0 Å². The van der Waals surface area contributed by atoms with Crippen LogP contribution in [-0.2, 0) is 21.4 Å². The number of hydrogen-bond acceptors (Lipinski definition) is 5.